The van der Waals surface area contributed by atoms with Crippen LogP contribution in [0.3, 0.4) is 0 Å². The van der Waals surface area contributed by atoms with Gasteiger partial charge in [-0.05, 0) is 49.1 Å². The highest BCUT2D eigenvalue weighted by atomic mass is 32.2. The maximum atomic E-state index is 13.9. The highest BCUT2D eigenvalue weighted by Crippen LogP contribution is 2.25. The van der Waals surface area contributed by atoms with Crippen LogP contribution >= 0.6 is 0 Å². The molecule has 0 aromatic heterocycles. The third-order valence-electron chi connectivity index (χ3n) is 6.20. The Labute approximate surface area is 226 Å². The molecule has 0 aliphatic heterocycles. The number of aryl methyl sites for hydroxylation is 1. The summed E-state index contributed by atoms with van der Waals surface area (Å²) in [6.07, 6.45) is 0.387. The molecule has 0 heterocycles. The van der Waals surface area contributed by atoms with Crippen molar-refractivity contribution in [1.82, 2.24) is 10.2 Å². The molecule has 202 valence electrons. The lowest BCUT2D eigenvalue weighted by Crippen LogP contribution is -2.52. The number of anilines is 1. The molecular formula is C30H37N3O4S. The minimum absolute atomic E-state index is 0.0936. The van der Waals surface area contributed by atoms with Gasteiger partial charge in [0.25, 0.3) is 10.0 Å². The highest BCUT2D eigenvalue weighted by Gasteiger charge is 2.33. The van der Waals surface area contributed by atoms with E-state index in [4.69, 9.17) is 0 Å². The number of sulfonamides is 1. The van der Waals surface area contributed by atoms with Crippen LogP contribution in [0.15, 0.2) is 89.8 Å². The lowest BCUT2D eigenvalue weighted by Gasteiger charge is -2.33. The summed E-state index contributed by atoms with van der Waals surface area (Å²) in [6, 6.07) is 23.8. The molecule has 0 fully saturated rings. The van der Waals surface area contributed by atoms with Crippen LogP contribution in [0.25, 0.3) is 0 Å². The third-order valence-corrected chi connectivity index (χ3v) is 7.99. The monoisotopic (exact) mass is 535 g/mol. The molecule has 7 nitrogen and oxygen atoms in total. The predicted molar refractivity (Wildman–Crippen MR) is 151 cm³/mol. The number of para-hydroxylation sites is 1. The van der Waals surface area contributed by atoms with Gasteiger partial charge in [0.05, 0.1) is 10.6 Å². The normalized spacial score (nSPS) is 12.1. The molecule has 0 saturated heterocycles. The standard InChI is InChI=1S/C30H37N3O4S/c1-5-28(30(35)31-20-23(2)3)32(21-25-12-8-6-9-13-25)29(34)22-33(26-14-10-7-11-15-26)38(36,37)27-18-16-24(4)17-19-27/h6-19,23,28H,5,20-22H2,1-4H3,(H,31,35)/t28-/m1/s1. The van der Waals surface area contributed by atoms with Crippen molar-refractivity contribution in [2.75, 3.05) is 17.4 Å². The molecule has 1 N–H and O–H groups in total. The predicted octanol–water partition coefficient (Wildman–Crippen LogP) is 4.77. The summed E-state index contributed by atoms with van der Waals surface area (Å²) in [7, 11) is -4.06. The highest BCUT2D eigenvalue weighted by molar-refractivity contribution is 7.92. The lowest BCUT2D eigenvalue weighted by atomic mass is 10.1. The van der Waals surface area contributed by atoms with Gasteiger partial charge in [0.2, 0.25) is 11.8 Å². The number of benzene rings is 3. The van der Waals surface area contributed by atoms with E-state index in [9.17, 15) is 18.0 Å². The number of nitrogens with zero attached hydrogens (tertiary/aromatic N) is 2. The van der Waals surface area contributed by atoms with Crippen molar-refractivity contribution in [1.29, 1.82) is 0 Å². The van der Waals surface area contributed by atoms with Crippen LogP contribution in [0, 0.1) is 12.8 Å². The maximum Gasteiger partial charge on any atom is 0.264 e. The van der Waals surface area contributed by atoms with Gasteiger partial charge >= 0.3 is 0 Å². The first-order valence-electron chi connectivity index (χ1n) is 12.9. The number of amides is 2. The Balaban J connectivity index is 2.00. The SMILES string of the molecule is CC[C@H](C(=O)NCC(C)C)N(Cc1ccccc1)C(=O)CN(c1ccccc1)S(=O)(=O)c1ccc(C)cc1. The number of hydrogen-bond acceptors (Lipinski definition) is 4. The van der Waals surface area contributed by atoms with E-state index in [0.29, 0.717) is 18.7 Å². The Morgan fingerprint density at radius 1 is 0.868 bits per heavy atom. The Morgan fingerprint density at radius 3 is 2.00 bits per heavy atom. The fraction of sp³-hybridized carbons (Fsp3) is 0.333. The van der Waals surface area contributed by atoms with Crippen molar-refractivity contribution in [3.63, 3.8) is 0 Å². The molecule has 2 amide bonds. The first-order valence-corrected chi connectivity index (χ1v) is 14.3. The van der Waals surface area contributed by atoms with Crippen LogP contribution < -0.4 is 9.62 Å². The minimum atomic E-state index is -4.06. The van der Waals surface area contributed by atoms with E-state index in [2.05, 4.69) is 5.32 Å². The zero-order valence-electron chi connectivity index (χ0n) is 22.5. The van der Waals surface area contributed by atoms with Gasteiger partial charge in [-0.2, -0.15) is 0 Å². The van der Waals surface area contributed by atoms with E-state index in [1.54, 1.807) is 54.6 Å². The van der Waals surface area contributed by atoms with Crippen LogP contribution in [0.2, 0.25) is 0 Å². The summed E-state index contributed by atoms with van der Waals surface area (Å²) in [4.78, 5) is 28.7. The fourth-order valence-corrected chi connectivity index (χ4v) is 5.50. The molecule has 38 heavy (non-hydrogen) atoms. The van der Waals surface area contributed by atoms with E-state index in [-0.39, 0.29) is 23.3 Å². The van der Waals surface area contributed by atoms with E-state index in [0.717, 1.165) is 15.4 Å². The first-order chi connectivity index (χ1) is 18.1. The molecule has 0 bridgehead atoms. The van der Waals surface area contributed by atoms with Gasteiger partial charge in [-0.3, -0.25) is 13.9 Å². The van der Waals surface area contributed by atoms with Gasteiger partial charge in [-0.1, -0.05) is 87.0 Å². The molecule has 3 rings (SSSR count). The van der Waals surface area contributed by atoms with E-state index in [1.807, 2.05) is 58.0 Å². The van der Waals surface area contributed by atoms with E-state index < -0.39 is 28.5 Å². The minimum Gasteiger partial charge on any atom is -0.354 e. The van der Waals surface area contributed by atoms with Crippen molar-refractivity contribution < 1.29 is 18.0 Å². The summed E-state index contributed by atoms with van der Waals surface area (Å²) in [5, 5.41) is 2.94. The molecule has 0 aliphatic rings. The van der Waals surface area contributed by atoms with E-state index >= 15 is 0 Å². The summed E-state index contributed by atoms with van der Waals surface area (Å²) < 4.78 is 28.7. The number of carbonyl (C=O) groups excluding carboxylic acids is 2. The van der Waals surface area contributed by atoms with Gasteiger partial charge < -0.3 is 10.2 Å². The molecule has 8 heteroatoms. The second kappa shape index (κ2) is 13.2. The molecule has 3 aromatic carbocycles. The molecule has 0 radical (unpaired) electrons. The molecule has 0 spiro atoms. The van der Waals surface area contributed by atoms with Gasteiger partial charge in [0, 0.05) is 13.1 Å². The van der Waals surface area contributed by atoms with Crippen molar-refractivity contribution >= 4 is 27.5 Å². The van der Waals surface area contributed by atoms with Crippen LogP contribution in [0.1, 0.15) is 38.3 Å². The van der Waals surface area contributed by atoms with Gasteiger partial charge in [0.1, 0.15) is 12.6 Å². The topological polar surface area (TPSA) is 86.8 Å². The second-order valence-electron chi connectivity index (χ2n) is 9.73. The molecule has 3 aromatic rings. The van der Waals surface area contributed by atoms with Crippen LogP contribution in [0.4, 0.5) is 5.69 Å². The second-order valence-corrected chi connectivity index (χ2v) is 11.6. The van der Waals surface area contributed by atoms with Crippen molar-refractivity contribution in [3.8, 4) is 0 Å². The van der Waals surface area contributed by atoms with Gasteiger partial charge in [-0.15, -0.1) is 0 Å². The van der Waals surface area contributed by atoms with Gasteiger partial charge in [0.15, 0.2) is 0 Å². The van der Waals surface area contributed by atoms with Crippen LogP contribution in [-0.4, -0.2) is 44.3 Å². The van der Waals surface area contributed by atoms with Crippen molar-refractivity contribution in [2.24, 2.45) is 5.92 Å². The van der Waals surface area contributed by atoms with Crippen molar-refractivity contribution in [2.45, 2.75) is 51.6 Å². The summed E-state index contributed by atoms with van der Waals surface area (Å²) in [5.41, 5.74) is 2.15. The van der Waals surface area contributed by atoms with E-state index in [1.165, 1.54) is 4.90 Å². The third kappa shape index (κ3) is 7.44. The maximum absolute atomic E-state index is 13.9. The van der Waals surface area contributed by atoms with Crippen molar-refractivity contribution in [3.05, 3.63) is 96.1 Å². The van der Waals surface area contributed by atoms with Gasteiger partial charge in [-0.25, -0.2) is 8.42 Å². The largest absolute Gasteiger partial charge is 0.354 e. The van der Waals surface area contributed by atoms with Crippen LogP contribution in [-0.2, 0) is 26.2 Å². The summed E-state index contributed by atoms with van der Waals surface area (Å²) in [5.74, 6) is -0.457. The number of rotatable bonds is 12. The average Bonchev–Trinajstić information content (AvgIpc) is 2.91. The summed E-state index contributed by atoms with van der Waals surface area (Å²) >= 11 is 0. The van der Waals surface area contributed by atoms with Crippen LogP contribution in [0.5, 0.6) is 0 Å². The Kier molecular flexibility index (Phi) is 10.1. The fourth-order valence-electron chi connectivity index (χ4n) is 4.08. The first kappa shape index (κ1) is 28.9. The lowest BCUT2D eigenvalue weighted by molar-refractivity contribution is -0.140. The molecular weight excluding hydrogens is 498 g/mol. The average molecular weight is 536 g/mol. The Morgan fingerprint density at radius 2 is 1.45 bits per heavy atom. The Bertz CT molecular complexity index is 1290. The molecule has 0 saturated carbocycles. The molecule has 1 atom stereocenters. The zero-order valence-corrected chi connectivity index (χ0v) is 23.3. The quantitative estimate of drug-likeness (QED) is 0.362. The molecule has 0 unspecified atom stereocenters. The smallest absolute Gasteiger partial charge is 0.264 e. The molecule has 0 aliphatic carbocycles. The Hall–Kier alpha value is -3.65. The number of hydrogen-bond donors (Lipinski definition) is 1. The summed E-state index contributed by atoms with van der Waals surface area (Å²) in [6.45, 7) is 7.96. The number of nitrogens with one attached hydrogen (secondary N) is 1. The number of carbonyl (C=O) groups is 2. The zero-order chi connectivity index (χ0) is 27.7.